The van der Waals surface area contributed by atoms with E-state index in [4.69, 9.17) is 0 Å². The van der Waals surface area contributed by atoms with Crippen LogP contribution in [0.4, 0.5) is 0 Å². The summed E-state index contributed by atoms with van der Waals surface area (Å²) in [5, 5.41) is 11.2. The van der Waals surface area contributed by atoms with Gasteiger partial charge in [0.25, 0.3) is 0 Å². The maximum Gasteiger partial charge on any atom is 0.156 e. The molecule has 0 nitrogen and oxygen atoms in total. The van der Waals surface area contributed by atoms with E-state index in [2.05, 4.69) is 231 Å². The highest BCUT2D eigenvalue weighted by Gasteiger charge is 2.60. The van der Waals surface area contributed by atoms with Crippen molar-refractivity contribution in [2.75, 3.05) is 0 Å². The van der Waals surface area contributed by atoms with Crippen LogP contribution in [-0.4, -0.2) is 0 Å². The third-order valence-electron chi connectivity index (χ3n) is 10.7. The van der Waals surface area contributed by atoms with Gasteiger partial charge in [0.2, 0.25) is 0 Å². The van der Waals surface area contributed by atoms with Gasteiger partial charge in [-0.2, -0.15) is 0 Å². The van der Waals surface area contributed by atoms with Crippen molar-refractivity contribution in [1.82, 2.24) is 0 Å². The van der Waals surface area contributed by atoms with E-state index in [1.165, 1.54) is 64.7 Å². The van der Waals surface area contributed by atoms with E-state index in [-0.39, 0.29) is 0 Å². The Hall–Kier alpha value is -5.64. The number of fused-ring (bicyclic) bond motifs is 3. The van der Waals surface area contributed by atoms with Gasteiger partial charge in [-0.25, -0.2) is 0 Å². The molecule has 252 valence electrons. The summed E-state index contributed by atoms with van der Waals surface area (Å²) in [4.78, 5) is 0. The summed E-state index contributed by atoms with van der Waals surface area (Å²) < 4.78 is 0. The van der Waals surface area contributed by atoms with Crippen LogP contribution >= 0.6 is 14.5 Å². The van der Waals surface area contributed by atoms with Gasteiger partial charge in [0.1, 0.15) is 51.7 Å². The molecule has 0 aromatic heterocycles. The fourth-order valence-electron chi connectivity index (χ4n) is 8.59. The second kappa shape index (κ2) is 14.4. The zero-order valence-electron chi connectivity index (χ0n) is 29.5. The Morgan fingerprint density at radius 2 is 0.528 bits per heavy atom. The Balaban J connectivity index is 1.61. The maximum absolute atomic E-state index is 2.62. The van der Waals surface area contributed by atoms with E-state index in [0.717, 1.165) is 6.42 Å². The molecule has 0 atom stereocenters. The standard InChI is InChI=1S/C51H40P2/c1-7-24-41(25-8-1)52(42-26-9-2-10-27-42,43-28-11-3-12-29-43)50-39-40-23-19-20-36-47(40)48-37-21-22-38-49(48)51(50)53(44-30-13-4-14-31-44,45-32-15-5-16-33-45)46-34-17-6-18-35-46/h1-38H,39H2/q+2. The van der Waals surface area contributed by atoms with E-state index >= 15 is 0 Å². The first kappa shape index (κ1) is 33.2. The van der Waals surface area contributed by atoms with Gasteiger partial charge in [0, 0.05) is 12.0 Å². The third-order valence-corrected chi connectivity index (χ3v) is 19.7. The van der Waals surface area contributed by atoms with Crippen molar-refractivity contribution < 1.29 is 0 Å². The van der Waals surface area contributed by atoms with Crippen LogP contribution in [0, 0.1) is 0 Å². The van der Waals surface area contributed by atoms with Gasteiger partial charge in [0.05, 0.1) is 0 Å². The third kappa shape index (κ3) is 5.54. The highest BCUT2D eigenvalue weighted by Crippen LogP contribution is 2.76. The van der Waals surface area contributed by atoms with Gasteiger partial charge in [0.15, 0.2) is 5.31 Å². The Kier molecular flexibility index (Phi) is 9.03. The van der Waals surface area contributed by atoms with Gasteiger partial charge in [-0.1, -0.05) is 158 Å². The normalized spacial score (nSPS) is 12.8. The minimum atomic E-state index is -2.62. The highest BCUT2D eigenvalue weighted by atomic mass is 31.2. The van der Waals surface area contributed by atoms with E-state index in [1.54, 1.807) is 0 Å². The molecule has 0 radical (unpaired) electrons. The van der Waals surface area contributed by atoms with Gasteiger partial charge >= 0.3 is 0 Å². The van der Waals surface area contributed by atoms with E-state index in [1.807, 2.05) is 0 Å². The monoisotopic (exact) mass is 714 g/mol. The van der Waals surface area contributed by atoms with E-state index < -0.39 is 14.5 Å². The molecule has 8 aromatic rings. The van der Waals surface area contributed by atoms with Crippen LogP contribution in [0.1, 0.15) is 11.1 Å². The zero-order valence-corrected chi connectivity index (χ0v) is 31.3. The van der Waals surface area contributed by atoms with E-state index in [0.29, 0.717) is 0 Å². The highest BCUT2D eigenvalue weighted by molar-refractivity contribution is 8.06. The molecule has 0 spiro atoms. The van der Waals surface area contributed by atoms with Crippen LogP contribution < -0.4 is 31.8 Å². The molecule has 0 saturated carbocycles. The van der Waals surface area contributed by atoms with Crippen LogP contribution in [0.2, 0.25) is 0 Å². The van der Waals surface area contributed by atoms with Gasteiger partial charge in [-0.3, -0.25) is 0 Å². The van der Waals surface area contributed by atoms with Gasteiger partial charge in [-0.15, -0.1) is 0 Å². The molecule has 8 aromatic carbocycles. The Morgan fingerprint density at radius 3 is 0.906 bits per heavy atom. The Bertz CT molecular complexity index is 2300. The molecule has 0 saturated heterocycles. The molecule has 0 unspecified atom stereocenters. The van der Waals surface area contributed by atoms with Crippen LogP contribution in [0.25, 0.3) is 16.4 Å². The first-order valence-electron chi connectivity index (χ1n) is 18.4. The van der Waals surface area contributed by atoms with Crippen molar-refractivity contribution in [2.45, 2.75) is 6.42 Å². The lowest BCUT2D eigenvalue weighted by Crippen LogP contribution is -2.36. The lowest BCUT2D eigenvalue weighted by Gasteiger charge is -2.35. The van der Waals surface area contributed by atoms with Crippen LogP contribution in [0.5, 0.6) is 0 Å². The van der Waals surface area contributed by atoms with Crippen molar-refractivity contribution in [3.05, 3.63) is 247 Å². The molecule has 9 rings (SSSR count). The molecular weight excluding hydrogens is 675 g/mol. The van der Waals surface area contributed by atoms with Crippen molar-refractivity contribution >= 4 is 51.7 Å². The number of hydrogen-bond acceptors (Lipinski definition) is 0. The first-order valence-corrected chi connectivity index (χ1v) is 21.9. The fraction of sp³-hybridized carbons (Fsp3) is 0.0196. The molecule has 2 heteroatoms. The Morgan fingerprint density at radius 1 is 0.245 bits per heavy atom. The zero-order chi connectivity index (χ0) is 35.5. The molecule has 0 heterocycles. The van der Waals surface area contributed by atoms with Crippen molar-refractivity contribution in [1.29, 1.82) is 0 Å². The molecule has 0 N–H and O–H groups in total. The SMILES string of the molecule is c1ccc([P+](C2=C([P+](c3ccccc3)(c3ccccc3)c3ccccc3)c3ccccc3-c3ccccc3C2)(c2ccccc2)c2ccccc2)cc1. The summed E-state index contributed by atoms with van der Waals surface area (Å²) in [5.41, 5.74) is 5.30. The molecular formula is C51H40P2+2. The number of allylic oxidation sites excluding steroid dienone is 1. The topological polar surface area (TPSA) is 0 Å². The average Bonchev–Trinajstić information content (AvgIpc) is 3.39. The molecule has 0 fully saturated rings. The summed E-state index contributed by atoms with van der Waals surface area (Å²) in [6, 6.07) is 87.0. The number of rotatable bonds is 8. The second-order valence-electron chi connectivity index (χ2n) is 13.5. The maximum atomic E-state index is 2.42. The van der Waals surface area contributed by atoms with Crippen LogP contribution in [0.15, 0.2) is 236 Å². The molecule has 53 heavy (non-hydrogen) atoms. The van der Waals surface area contributed by atoms with Gasteiger partial charge in [-0.05, 0) is 89.5 Å². The minimum absolute atomic E-state index is 0.820. The summed E-state index contributed by atoms with van der Waals surface area (Å²) in [7, 11) is -5.20. The number of benzene rings is 8. The van der Waals surface area contributed by atoms with Crippen LogP contribution in [0.3, 0.4) is 0 Å². The quantitative estimate of drug-likeness (QED) is 0.138. The van der Waals surface area contributed by atoms with Crippen LogP contribution in [-0.2, 0) is 6.42 Å². The molecule has 1 aliphatic rings. The summed E-state index contributed by atoms with van der Waals surface area (Å²) in [5.74, 6) is 0. The summed E-state index contributed by atoms with van der Waals surface area (Å²) >= 11 is 0. The first-order chi connectivity index (χ1) is 26.3. The predicted molar refractivity (Wildman–Crippen MR) is 233 cm³/mol. The average molecular weight is 715 g/mol. The fourth-order valence-corrected chi connectivity index (χ4v) is 18.6. The lowest BCUT2D eigenvalue weighted by molar-refractivity contribution is 1.26. The summed E-state index contributed by atoms with van der Waals surface area (Å²) in [6.45, 7) is 0. The molecule has 1 aliphatic carbocycles. The second-order valence-corrected chi connectivity index (χ2v) is 20.3. The minimum Gasteiger partial charge on any atom is -0.0620 e. The lowest BCUT2D eigenvalue weighted by atomic mass is 9.97. The Labute approximate surface area is 314 Å². The van der Waals surface area contributed by atoms with E-state index in [9.17, 15) is 0 Å². The van der Waals surface area contributed by atoms with Crippen molar-refractivity contribution in [2.24, 2.45) is 0 Å². The van der Waals surface area contributed by atoms with Gasteiger partial charge < -0.3 is 0 Å². The largest absolute Gasteiger partial charge is 0.156 e. The molecule has 0 amide bonds. The predicted octanol–water partition coefficient (Wildman–Crippen LogP) is 10.6. The molecule has 0 aliphatic heterocycles. The smallest absolute Gasteiger partial charge is 0.0620 e. The summed E-state index contributed by atoms with van der Waals surface area (Å²) in [6.07, 6.45) is 0.820. The van der Waals surface area contributed by atoms with Crippen molar-refractivity contribution in [3.63, 3.8) is 0 Å². The molecule has 0 bridgehead atoms. The van der Waals surface area contributed by atoms with Crippen molar-refractivity contribution in [3.8, 4) is 11.1 Å². The number of hydrogen-bond donors (Lipinski definition) is 0.